The Kier molecular flexibility index (Phi) is 12.2. The van der Waals surface area contributed by atoms with E-state index in [1.807, 2.05) is 24.1 Å². The summed E-state index contributed by atoms with van der Waals surface area (Å²) in [6.45, 7) is 4.43. The van der Waals surface area contributed by atoms with Gasteiger partial charge in [0.15, 0.2) is 0 Å². The molecule has 6 amide bonds. The van der Waals surface area contributed by atoms with Crippen molar-refractivity contribution in [1.82, 2.24) is 20.0 Å². The van der Waals surface area contributed by atoms with Crippen LogP contribution in [0.15, 0.2) is 97.1 Å². The highest BCUT2D eigenvalue weighted by atomic mass is 16.5. The zero-order valence-corrected chi connectivity index (χ0v) is 30.5. The molecule has 0 aliphatic carbocycles. The second-order valence-electron chi connectivity index (χ2n) is 13.1. The summed E-state index contributed by atoms with van der Waals surface area (Å²) in [5.74, 6) is -0.295. The average Bonchev–Trinajstić information content (AvgIpc) is 3.44. The molecule has 280 valence electrons. The molecule has 0 bridgehead atoms. The highest BCUT2D eigenvalue weighted by Crippen LogP contribution is 2.30. The molecule has 13 nitrogen and oxygen atoms in total. The number of likely N-dealkylation sites (N-methyl/N-ethyl adjacent to an activating group) is 1. The highest BCUT2D eigenvalue weighted by molar-refractivity contribution is 6.21. The van der Waals surface area contributed by atoms with Gasteiger partial charge in [0.2, 0.25) is 0 Å². The van der Waals surface area contributed by atoms with Crippen LogP contribution >= 0.6 is 0 Å². The van der Waals surface area contributed by atoms with E-state index < -0.39 is 5.91 Å². The molecule has 0 spiro atoms. The number of rotatable bonds is 14. The topological polar surface area (TPSA) is 141 Å². The minimum Gasteiger partial charge on any atom is -0.494 e. The average molecular weight is 733 g/mol. The summed E-state index contributed by atoms with van der Waals surface area (Å²) < 4.78 is 11.9. The van der Waals surface area contributed by atoms with Gasteiger partial charge in [-0.25, -0.2) is 4.79 Å². The number of hydrogen-bond acceptors (Lipinski definition) is 8. The number of amides is 6. The summed E-state index contributed by atoms with van der Waals surface area (Å²) in [6.07, 6.45) is 1.03. The number of piperazine rings is 1. The lowest BCUT2D eigenvalue weighted by Gasteiger charge is -2.32. The summed E-state index contributed by atoms with van der Waals surface area (Å²) in [4.78, 5) is 71.4. The normalized spacial score (nSPS) is 14.0. The van der Waals surface area contributed by atoms with Gasteiger partial charge >= 0.3 is 6.03 Å². The van der Waals surface area contributed by atoms with E-state index in [0.29, 0.717) is 84.2 Å². The highest BCUT2D eigenvalue weighted by Gasteiger charge is 2.34. The van der Waals surface area contributed by atoms with Crippen LogP contribution in [0.5, 0.6) is 11.5 Å². The summed E-state index contributed by atoms with van der Waals surface area (Å²) in [5.41, 5.74) is 2.40. The second kappa shape index (κ2) is 17.5. The van der Waals surface area contributed by atoms with Gasteiger partial charge in [-0.05, 0) is 80.6 Å². The molecule has 0 saturated carbocycles. The Morgan fingerprint density at radius 3 is 2.09 bits per heavy atom. The Hall–Kier alpha value is -6.21. The summed E-state index contributed by atoms with van der Waals surface area (Å²) >= 11 is 0. The molecule has 2 N–H and O–H groups in total. The van der Waals surface area contributed by atoms with Crippen LogP contribution in [0.3, 0.4) is 0 Å². The standard InChI is InChI=1S/C41H44N6O7/c1-44-23-25-46(26-24-44)41(52)42-21-9-27-54-36-16-8-7-15-35(36)45(2)38(49)33-13-5-6-14-34(33)43-37(48)29-17-19-30(20-18-29)53-28-10-22-47-39(50)31-11-3-4-12-32(31)40(47)51/h3-8,11-20H,9-10,21-28H2,1-2H3,(H,42,52)(H,43,48). The number of para-hydroxylation sites is 3. The van der Waals surface area contributed by atoms with Gasteiger partial charge in [-0.1, -0.05) is 36.4 Å². The number of benzene rings is 4. The minimum atomic E-state index is -0.404. The minimum absolute atomic E-state index is 0.0717. The van der Waals surface area contributed by atoms with Crippen LogP contribution in [0, 0.1) is 0 Å². The van der Waals surface area contributed by atoms with Gasteiger partial charge in [-0.2, -0.15) is 0 Å². The number of fused-ring (bicyclic) bond motifs is 1. The predicted octanol–water partition coefficient (Wildman–Crippen LogP) is 5.01. The lowest BCUT2D eigenvalue weighted by molar-refractivity contribution is 0.0646. The van der Waals surface area contributed by atoms with Crippen molar-refractivity contribution < 1.29 is 33.4 Å². The van der Waals surface area contributed by atoms with E-state index in [-0.39, 0.29) is 36.9 Å². The second-order valence-corrected chi connectivity index (χ2v) is 13.1. The van der Waals surface area contributed by atoms with Crippen LogP contribution < -0.4 is 25.0 Å². The van der Waals surface area contributed by atoms with Gasteiger partial charge < -0.3 is 34.8 Å². The number of nitrogens with one attached hydrogen (secondary N) is 2. The first-order valence-corrected chi connectivity index (χ1v) is 18.0. The summed E-state index contributed by atoms with van der Waals surface area (Å²) in [5, 5.41) is 5.82. The molecule has 13 heteroatoms. The van der Waals surface area contributed by atoms with E-state index >= 15 is 0 Å². The number of carbonyl (C=O) groups excluding carboxylic acids is 5. The van der Waals surface area contributed by atoms with E-state index in [2.05, 4.69) is 15.5 Å². The fourth-order valence-corrected chi connectivity index (χ4v) is 6.25. The monoisotopic (exact) mass is 732 g/mol. The Morgan fingerprint density at radius 1 is 0.741 bits per heavy atom. The molecule has 1 fully saturated rings. The van der Waals surface area contributed by atoms with Crippen LogP contribution in [0.25, 0.3) is 0 Å². The maximum absolute atomic E-state index is 13.8. The molecule has 2 aliphatic rings. The Balaban J connectivity index is 0.982. The number of imide groups is 1. The van der Waals surface area contributed by atoms with Gasteiger partial charge in [0, 0.05) is 51.9 Å². The third-order valence-electron chi connectivity index (χ3n) is 9.37. The molecule has 0 aromatic heterocycles. The van der Waals surface area contributed by atoms with Crippen molar-refractivity contribution in [3.8, 4) is 11.5 Å². The number of nitrogens with zero attached hydrogens (tertiary/aromatic N) is 4. The number of ether oxygens (including phenoxy) is 2. The first-order valence-electron chi connectivity index (χ1n) is 18.0. The largest absolute Gasteiger partial charge is 0.494 e. The molecule has 2 heterocycles. The molecular formula is C41H44N6O7. The van der Waals surface area contributed by atoms with Crippen molar-refractivity contribution in [2.24, 2.45) is 0 Å². The van der Waals surface area contributed by atoms with Crippen molar-refractivity contribution in [3.05, 3.63) is 119 Å². The molecule has 54 heavy (non-hydrogen) atoms. The van der Waals surface area contributed by atoms with E-state index in [1.54, 1.807) is 92.0 Å². The quantitative estimate of drug-likeness (QED) is 0.136. The van der Waals surface area contributed by atoms with Gasteiger partial charge in [0.05, 0.1) is 41.3 Å². The molecule has 0 unspecified atom stereocenters. The molecule has 0 atom stereocenters. The first-order chi connectivity index (χ1) is 26.2. The van der Waals surface area contributed by atoms with E-state index in [9.17, 15) is 24.0 Å². The van der Waals surface area contributed by atoms with Crippen LogP contribution in [0.1, 0.15) is 54.3 Å². The number of carbonyl (C=O) groups is 5. The van der Waals surface area contributed by atoms with E-state index in [1.165, 1.54) is 9.80 Å². The zero-order valence-electron chi connectivity index (χ0n) is 30.5. The Bertz CT molecular complexity index is 1960. The molecule has 2 aliphatic heterocycles. The Morgan fingerprint density at radius 2 is 1.37 bits per heavy atom. The van der Waals surface area contributed by atoms with Crippen molar-refractivity contribution in [1.29, 1.82) is 0 Å². The fraction of sp³-hybridized carbons (Fsp3) is 0.293. The number of hydrogen-bond donors (Lipinski definition) is 2. The predicted molar refractivity (Wildman–Crippen MR) is 205 cm³/mol. The maximum Gasteiger partial charge on any atom is 0.317 e. The molecular weight excluding hydrogens is 688 g/mol. The lowest BCUT2D eigenvalue weighted by Crippen LogP contribution is -2.50. The van der Waals surface area contributed by atoms with Gasteiger partial charge in [-0.3, -0.25) is 24.1 Å². The third kappa shape index (κ3) is 8.87. The smallest absolute Gasteiger partial charge is 0.317 e. The van der Waals surface area contributed by atoms with Crippen LogP contribution in [0.2, 0.25) is 0 Å². The molecule has 4 aromatic rings. The summed E-state index contributed by atoms with van der Waals surface area (Å²) in [6, 6.07) is 27.3. The van der Waals surface area contributed by atoms with Gasteiger partial charge in [-0.15, -0.1) is 0 Å². The van der Waals surface area contributed by atoms with Crippen LogP contribution in [0.4, 0.5) is 16.2 Å². The lowest BCUT2D eigenvalue weighted by atomic mass is 10.1. The molecule has 1 saturated heterocycles. The molecule has 0 radical (unpaired) electrons. The molecule has 4 aromatic carbocycles. The summed E-state index contributed by atoms with van der Waals surface area (Å²) in [7, 11) is 3.70. The SMILES string of the molecule is CN1CCN(C(=O)NCCCOc2ccccc2N(C)C(=O)c2ccccc2NC(=O)c2ccc(OCCCN3C(=O)c4ccccc4C3=O)cc2)CC1. The number of urea groups is 1. The zero-order chi connectivity index (χ0) is 38.0. The fourth-order valence-electron chi connectivity index (χ4n) is 6.25. The van der Waals surface area contributed by atoms with Crippen LogP contribution in [-0.4, -0.2) is 111 Å². The van der Waals surface area contributed by atoms with Crippen LogP contribution in [-0.2, 0) is 0 Å². The number of anilines is 2. The molecule has 6 rings (SSSR count). The van der Waals surface area contributed by atoms with E-state index in [0.717, 1.165) is 13.1 Å². The van der Waals surface area contributed by atoms with Crippen molar-refractivity contribution in [2.75, 3.05) is 76.8 Å². The Labute approximate surface area is 314 Å². The maximum atomic E-state index is 13.8. The third-order valence-corrected chi connectivity index (χ3v) is 9.37. The first kappa shape index (κ1) is 37.5. The van der Waals surface area contributed by atoms with Gasteiger partial charge in [0.1, 0.15) is 11.5 Å². The van der Waals surface area contributed by atoms with Gasteiger partial charge in [0.25, 0.3) is 23.6 Å². The van der Waals surface area contributed by atoms with E-state index in [4.69, 9.17) is 9.47 Å². The van der Waals surface area contributed by atoms with Crippen molar-refractivity contribution >= 4 is 41.0 Å². The van der Waals surface area contributed by atoms with Crippen molar-refractivity contribution in [3.63, 3.8) is 0 Å². The van der Waals surface area contributed by atoms with Crippen molar-refractivity contribution in [2.45, 2.75) is 12.8 Å².